The average Bonchev–Trinajstić information content (AvgIpc) is 2.71. The van der Waals surface area contributed by atoms with E-state index in [9.17, 15) is 14.7 Å². The number of phenols is 1. The van der Waals surface area contributed by atoms with Gasteiger partial charge in [-0.3, -0.25) is 4.79 Å². The SMILES string of the molecule is COC(=O)[C@@H](c1ccc(O)cc1)N1CC(S)CC1=O. The highest BCUT2D eigenvalue weighted by Gasteiger charge is 2.37. The Balaban J connectivity index is 2.33. The molecule has 1 amide bonds. The number of esters is 1. The molecule has 102 valence electrons. The fraction of sp³-hybridized carbons (Fsp3) is 0.385. The summed E-state index contributed by atoms with van der Waals surface area (Å²) in [5.74, 6) is -0.517. The predicted octanol–water partition coefficient (Wildman–Crippen LogP) is 1.14. The summed E-state index contributed by atoms with van der Waals surface area (Å²) in [7, 11) is 1.29. The number of nitrogens with zero attached hydrogens (tertiary/aromatic N) is 1. The Morgan fingerprint density at radius 1 is 1.47 bits per heavy atom. The van der Waals surface area contributed by atoms with Crippen molar-refractivity contribution in [2.45, 2.75) is 17.7 Å². The summed E-state index contributed by atoms with van der Waals surface area (Å²) in [5.41, 5.74) is 0.612. The van der Waals surface area contributed by atoms with Crippen molar-refractivity contribution < 1.29 is 19.4 Å². The van der Waals surface area contributed by atoms with E-state index in [0.717, 1.165) is 0 Å². The topological polar surface area (TPSA) is 66.8 Å². The van der Waals surface area contributed by atoms with Crippen LogP contribution in [0.25, 0.3) is 0 Å². The summed E-state index contributed by atoms with van der Waals surface area (Å²) < 4.78 is 4.77. The van der Waals surface area contributed by atoms with E-state index in [1.165, 1.54) is 24.1 Å². The molecule has 1 saturated heterocycles. The maximum atomic E-state index is 11.9. The molecule has 2 atom stereocenters. The molecule has 5 nitrogen and oxygen atoms in total. The Morgan fingerprint density at radius 2 is 2.11 bits per heavy atom. The van der Waals surface area contributed by atoms with Crippen LogP contribution in [-0.2, 0) is 14.3 Å². The van der Waals surface area contributed by atoms with E-state index in [4.69, 9.17) is 4.74 Å². The molecule has 1 N–H and O–H groups in total. The maximum absolute atomic E-state index is 11.9. The Labute approximate surface area is 116 Å². The molecular formula is C13H15NO4S. The largest absolute Gasteiger partial charge is 0.508 e. The first-order valence-electron chi connectivity index (χ1n) is 5.87. The molecule has 0 spiro atoms. The number of carbonyl (C=O) groups is 2. The molecule has 1 aliphatic rings. The molecule has 1 aromatic carbocycles. The first-order valence-corrected chi connectivity index (χ1v) is 6.39. The zero-order valence-electron chi connectivity index (χ0n) is 10.4. The number of rotatable bonds is 3. The second-order valence-corrected chi connectivity index (χ2v) is 5.15. The third-order valence-electron chi connectivity index (χ3n) is 3.08. The lowest BCUT2D eigenvalue weighted by Gasteiger charge is -2.26. The van der Waals surface area contributed by atoms with Crippen LogP contribution in [0, 0.1) is 0 Å². The van der Waals surface area contributed by atoms with E-state index in [-0.39, 0.29) is 16.9 Å². The van der Waals surface area contributed by atoms with Crippen molar-refractivity contribution in [1.29, 1.82) is 0 Å². The van der Waals surface area contributed by atoms with Gasteiger partial charge in [0.25, 0.3) is 0 Å². The van der Waals surface area contributed by atoms with Gasteiger partial charge in [0.05, 0.1) is 7.11 Å². The normalized spacial score (nSPS) is 20.4. The minimum absolute atomic E-state index is 0.0724. The highest BCUT2D eigenvalue weighted by Crippen LogP contribution is 2.29. The van der Waals surface area contributed by atoms with Crippen LogP contribution in [0.15, 0.2) is 24.3 Å². The summed E-state index contributed by atoms with van der Waals surface area (Å²) >= 11 is 4.28. The van der Waals surface area contributed by atoms with Crippen molar-refractivity contribution in [3.8, 4) is 5.75 Å². The van der Waals surface area contributed by atoms with Gasteiger partial charge >= 0.3 is 5.97 Å². The van der Waals surface area contributed by atoms with E-state index in [2.05, 4.69) is 12.6 Å². The second-order valence-electron chi connectivity index (χ2n) is 4.42. The van der Waals surface area contributed by atoms with Gasteiger partial charge in [-0.1, -0.05) is 12.1 Å². The standard InChI is InChI=1S/C13H15NO4S/c1-18-13(17)12(8-2-4-9(15)5-3-8)14-7-10(19)6-11(14)16/h2-5,10,12,15,19H,6-7H2,1H3/t10?,12-/m1/s1. The van der Waals surface area contributed by atoms with Gasteiger partial charge in [0, 0.05) is 18.2 Å². The number of ether oxygens (including phenoxy) is 1. The number of likely N-dealkylation sites (tertiary alicyclic amines) is 1. The molecule has 19 heavy (non-hydrogen) atoms. The predicted molar refractivity (Wildman–Crippen MR) is 72.0 cm³/mol. The Kier molecular flexibility index (Phi) is 3.99. The van der Waals surface area contributed by atoms with Gasteiger partial charge in [0.15, 0.2) is 6.04 Å². The number of hydrogen-bond acceptors (Lipinski definition) is 5. The van der Waals surface area contributed by atoms with E-state index >= 15 is 0 Å². The van der Waals surface area contributed by atoms with Crippen LogP contribution in [0.5, 0.6) is 5.75 Å². The van der Waals surface area contributed by atoms with Crippen molar-refractivity contribution >= 4 is 24.5 Å². The number of amides is 1. The maximum Gasteiger partial charge on any atom is 0.333 e. The molecular weight excluding hydrogens is 266 g/mol. The Morgan fingerprint density at radius 3 is 2.58 bits per heavy atom. The van der Waals surface area contributed by atoms with Crippen molar-refractivity contribution in [3.63, 3.8) is 0 Å². The van der Waals surface area contributed by atoms with Gasteiger partial charge in [-0.2, -0.15) is 12.6 Å². The van der Waals surface area contributed by atoms with Crippen LogP contribution in [-0.4, -0.2) is 40.8 Å². The molecule has 0 bridgehead atoms. The lowest BCUT2D eigenvalue weighted by Crippen LogP contribution is -2.36. The molecule has 0 radical (unpaired) electrons. The number of thiol groups is 1. The molecule has 0 aliphatic carbocycles. The molecule has 1 unspecified atom stereocenters. The number of phenolic OH excluding ortho intramolecular Hbond substituents is 1. The van der Waals surface area contributed by atoms with Gasteiger partial charge in [0.2, 0.25) is 5.91 Å². The lowest BCUT2D eigenvalue weighted by atomic mass is 10.1. The zero-order chi connectivity index (χ0) is 14.0. The van der Waals surface area contributed by atoms with E-state index < -0.39 is 12.0 Å². The molecule has 0 saturated carbocycles. The average molecular weight is 281 g/mol. The van der Waals surface area contributed by atoms with Crippen molar-refractivity contribution in [1.82, 2.24) is 4.90 Å². The van der Waals surface area contributed by atoms with E-state index in [1.807, 2.05) is 0 Å². The van der Waals surface area contributed by atoms with Crippen LogP contribution in [0.2, 0.25) is 0 Å². The van der Waals surface area contributed by atoms with Gasteiger partial charge in [0.1, 0.15) is 5.75 Å². The van der Waals surface area contributed by atoms with E-state index in [0.29, 0.717) is 18.5 Å². The van der Waals surface area contributed by atoms with Crippen molar-refractivity contribution in [2.75, 3.05) is 13.7 Å². The fourth-order valence-corrected chi connectivity index (χ4v) is 2.51. The highest BCUT2D eigenvalue weighted by atomic mass is 32.1. The van der Waals surface area contributed by atoms with Crippen LogP contribution in [0.4, 0.5) is 0 Å². The van der Waals surface area contributed by atoms with Crippen LogP contribution >= 0.6 is 12.6 Å². The van der Waals surface area contributed by atoms with Crippen LogP contribution in [0.1, 0.15) is 18.0 Å². The quantitative estimate of drug-likeness (QED) is 0.644. The number of aromatic hydroxyl groups is 1. The summed E-state index contributed by atoms with van der Waals surface area (Å²) in [6.07, 6.45) is 0.314. The highest BCUT2D eigenvalue weighted by molar-refractivity contribution is 7.81. The van der Waals surface area contributed by atoms with Crippen LogP contribution < -0.4 is 0 Å². The number of hydrogen-bond donors (Lipinski definition) is 2. The number of carbonyl (C=O) groups excluding carboxylic acids is 2. The summed E-state index contributed by atoms with van der Waals surface area (Å²) in [6, 6.07) is 5.38. The first kappa shape index (κ1) is 13.7. The van der Waals surface area contributed by atoms with Gasteiger partial charge < -0.3 is 14.7 Å². The Hall–Kier alpha value is -1.69. The molecule has 2 rings (SSSR count). The molecule has 1 aliphatic heterocycles. The second kappa shape index (κ2) is 5.52. The van der Waals surface area contributed by atoms with Crippen molar-refractivity contribution in [2.24, 2.45) is 0 Å². The number of benzene rings is 1. The minimum Gasteiger partial charge on any atom is -0.508 e. The van der Waals surface area contributed by atoms with Crippen molar-refractivity contribution in [3.05, 3.63) is 29.8 Å². The summed E-state index contributed by atoms with van der Waals surface area (Å²) in [5, 5.41) is 9.21. The van der Waals surface area contributed by atoms with Gasteiger partial charge in [-0.25, -0.2) is 4.79 Å². The van der Waals surface area contributed by atoms with Gasteiger partial charge in [-0.15, -0.1) is 0 Å². The van der Waals surface area contributed by atoms with Gasteiger partial charge in [-0.05, 0) is 17.7 Å². The molecule has 1 fully saturated rings. The first-order chi connectivity index (χ1) is 9.02. The summed E-state index contributed by atoms with van der Waals surface area (Å²) in [6.45, 7) is 0.405. The lowest BCUT2D eigenvalue weighted by molar-refractivity contribution is -0.151. The summed E-state index contributed by atoms with van der Waals surface area (Å²) in [4.78, 5) is 25.3. The third-order valence-corrected chi connectivity index (χ3v) is 3.43. The number of methoxy groups -OCH3 is 1. The molecule has 0 aromatic heterocycles. The fourth-order valence-electron chi connectivity index (χ4n) is 2.17. The van der Waals surface area contributed by atoms with Crippen LogP contribution in [0.3, 0.4) is 0 Å². The zero-order valence-corrected chi connectivity index (χ0v) is 11.3. The Bertz CT molecular complexity index is 488. The molecule has 1 aromatic rings. The molecule has 6 heteroatoms. The monoisotopic (exact) mass is 281 g/mol. The molecule has 1 heterocycles. The third kappa shape index (κ3) is 2.84. The minimum atomic E-state index is -0.782. The smallest absolute Gasteiger partial charge is 0.333 e. The van der Waals surface area contributed by atoms with E-state index in [1.54, 1.807) is 12.1 Å².